The maximum Gasteiger partial charge on any atom is 0.158 e. The third kappa shape index (κ3) is 2.35. The first-order valence-electron chi connectivity index (χ1n) is 4.97. The molecule has 0 saturated carbocycles. The van der Waals surface area contributed by atoms with Crippen LogP contribution in [0.1, 0.15) is 18.1 Å². The average Bonchev–Trinajstić information content (AvgIpc) is 2.78. The van der Waals surface area contributed by atoms with Crippen molar-refractivity contribution in [1.29, 1.82) is 0 Å². The quantitative estimate of drug-likeness (QED) is 0.843. The molecule has 0 unspecified atom stereocenters. The van der Waals surface area contributed by atoms with Gasteiger partial charge in [-0.05, 0) is 17.7 Å². The number of benzene rings is 1. The number of oxime groups is 1. The molecule has 1 aromatic carbocycles. The Bertz CT molecular complexity index is 391. The first-order chi connectivity index (χ1) is 7.70. The predicted octanol–water partition coefficient (Wildman–Crippen LogP) is 1.51. The van der Waals surface area contributed by atoms with Gasteiger partial charge in [0.2, 0.25) is 0 Å². The lowest BCUT2D eigenvalue weighted by molar-refractivity contribution is 0.0853. The van der Waals surface area contributed by atoms with Gasteiger partial charge < -0.3 is 15.1 Å². The Balaban J connectivity index is 2.03. The molecule has 5 heteroatoms. The summed E-state index contributed by atoms with van der Waals surface area (Å²) < 4.78 is 0. The Kier molecular flexibility index (Phi) is 3.43. The van der Waals surface area contributed by atoms with Crippen LogP contribution in [0.25, 0.3) is 0 Å². The Hall–Kier alpha value is -1.10. The van der Waals surface area contributed by atoms with Crippen LogP contribution in [0.15, 0.2) is 29.4 Å². The molecule has 2 rings (SSSR count). The van der Waals surface area contributed by atoms with E-state index in [4.69, 9.17) is 21.5 Å². The standard InChI is InChI=1S/C11H12ClNO3/c12-8-3-1-7(2-4-8)11-5-9(13-16-11)10(15)6-14/h1-4,10-11,14-15H,5-6H2/t10-,11+/m0/s1. The molecule has 1 aromatic rings. The Morgan fingerprint density at radius 1 is 1.44 bits per heavy atom. The summed E-state index contributed by atoms with van der Waals surface area (Å²) in [7, 11) is 0. The normalized spacial score (nSPS) is 21.4. The van der Waals surface area contributed by atoms with E-state index in [1.807, 2.05) is 12.1 Å². The van der Waals surface area contributed by atoms with Crippen molar-refractivity contribution >= 4 is 17.3 Å². The van der Waals surface area contributed by atoms with E-state index in [0.717, 1.165) is 5.56 Å². The van der Waals surface area contributed by atoms with Gasteiger partial charge in [0.15, 0.2) is 6.10 Å². The zero-order valence-corrected chi connectivity index (χ0v) is 9.26. The highest BCUT2D eigenvalue weighted by molar-refractivity contribution is 6.30. The predicted molar refractivity (Wildman–Crippen MR) is 60.4 cm³/mol. The van der Waals surface area contributed by atoms with Crippen molar-refractivity contribution in [1.82, 2.24) is 0 Å². The molecule has 0 aromatic heterocycles. The largest absolute Gasteiger partial charge is 0.393 e. The Morgan fingerprint density at radius 3 is 2.75 bits per heavy atom. The van der Waals surface area contributed by atoms with Gasteiger partial charge >= 0.3 is 0 Å². The van der Waals surface area contributed by atoms with Gasteiger partial charge in [-0.25, -0.2) is 0 Å². The lowest BCUT2D eigenvalue weighted by Gasteiger charge is -2.08. The fourth-order valence-electron chi connectivity index (χ4n) is 1.55. The maximum atomic E-state index is 9.38. The molecular weight excluding hydrogens is 230 g/mol. The summed E-state index contributed by atoms with van der Waals surface area (Å²) in [6.07, 6.45) is -0.644. The molecule has 2 N–H and O–H groups in total. The minimum absolute atomic E-state index is 0.200. The SMILES string of the molecule is OC[C@H](O)C1=NO[C@@H](c2ccc(Cl)cc2)C1. The topological polar surface area (TPSA) is 62.0 Å². The van der Waals surface area contributed by atoms with Gasteiger partial charge in [-0.3, -0.25) is 0 Å². The second-order valence-electron chi connectivity index (χ2n) is 3.63. The number of rotatable bonds is 3. The van der Waals surface area contributed by atoms with E-state index in [9.17, 15) is 5.11 Å². The lowest BCUT2D eigenvalue weighted by Crippen LogP contribution is -2.23. The first kappa shape index (κ1) is 11.4. The van der Waals surface area contributed by atoms with Gasteiger partial charge in [0.1, 0.15) is 6.10 Å². The third-order valence-electron chi connectivity index (χ3n) is 2.49. The third-order valence-corrected chi connectivity index (χ3v) is 2.74. The van der Waals surface area contributed by atoms with Gasteiger partial charge in [0, 0.05) is 11.4 Å². The van der Waals surface area contributed by atoms with Crippen molar-refractivity contribution in [2.75, 3.05) is 6.61 Å². The monoisotopic (exact) mass is 241 g/mol. The van der Waals surface area contributed by atoms with Crippen LogP contribution < -0.4 is 0 Å². The highest BCUT2D eigenvalue weighted by Crippen LogP contribution is 2.28. The minimum atomic E-state index is -0.933. The highest BCUT2D eigenvalue weighted by Gasteiger charge is 2.26. The summed E-state index contributed by atoms with van der Waals surface area (Å²) in [4.78, 5) is 5.19. The zero-order valence-electron chi connectivity index (χ0n) is 8.51. The molecule has 1 heterocycles. The number of halogens is 1. The molecule has 1 aliphatic rings. The molecule has 0 amide bonds. The van der Waals surface area contributed by atoms with Crippen LogP contribution in [-0.2, 0) is 4.84 Å². The zero-order chi connectivity index (χ0) is 11.5. The van der Waals surface area contributed by atoms with Crippen molar-refractivity contribution < 1.29 is 15.1 Å². The number of aliphatic hydroxyl groups excluding tert-OH is 2. The number of hydrogen-bond acceptors (Lipinski definition) is 4. The van der Waals surface area contributed by atoms with Crippen molar-refractivity contribution in [2.24, 2.45) is 5.16 Å². The fraction of sp³-hybridized carbons (Fsp3) is 0.364. The van der Waals surface area contributed by atoms with E-state index in [2.05, 4.69) is 5.16 Å². The summed E-state index contributed by atoms with van der Waals surface area (Å²) >= 11 is 5.78. The van der Waals surface area contributed by atoms with Crippen molar-refractivity contribution in [3.05, 3.63) is 34.9 Å². The molecule has 1 aliphatic heterocycles. The minimum Gasteiger partial charge on any atom is -0.393 e. The molecule has 0 radical (unpaired) electrons. The van der Waals surface area contributed by atoms with Gasteiger partial charge in [0.05, 0.1) is 12.3 Å². The fourth-order valence-corrected chi connectivity index (χ4v) is 1.68. The molecule has 0 aliphatic carbocycles. The molecule has 0 spiro atoms. The van der Waals surface area contributed by atoms with Crippen molar-refractivity contribution in [2.45, 2.75) is 18.6 Å². The average molecular weight is 242 g/mol. The van der Waals surface area contributed by atoms with Gasteiger partial charge in [-0.2, -0.15) is 0 Å². The van der Waals surface area contributed by atoms with Crippen LogP contribution in [-0.4, -0.2) is 28.6 Å². The number of aliphatic hydroxyl groups is 2. The van der Waals surface area contributed by atoms with Crippen LogP contribution in [0.4, 0.5) is 0 Å². The van der Waals surface area contributed by atoms with E-state index < -0.39 is 6.10 Å². The highest BCUT2D eigenvalue weighted by atomic mass is 35.5. The molecule has 4 nitrogen and oxygen atoms in total. The van der Waals surface area contributed by atoms with Gasteiger partial charge in [-0.15, -0.1) is 0 Å². The summed E-state index contributed by atoms with van der Waals surface area (Å²) in [5, 5.41) is 22.6. The maximum absolute atomic E-state index is 9.38. The van der Waals surface area contributed by atoms with E-state index in [1.165, 1.54) is 0 Å². The Morgan fingerprint density at radius 2 is 2.12 bits per heavy atom. The van der Waals surface area contributed by atoms with Crippen LogP contribution in [0.3, 0.4) is 0 Å². The van der Waals surface area contributed by atoms with Crippen molar-refractivity contribution in [3.8, 4) is 0 Å². The van der Waals surface area contributed by atoms with Crippen LogP contribution in [0.2, 0.25) is 5.02 Å². The second-order valence-corrected chi connectivity index (χ2v) is 4.07. The number of hydrogen-bond donors (Lipinski definition) is 2. The van der Waals surface area contributed by atoms with E-state index in [0.29, 0.717) is 17.2 Å². The molecule has 0 bridgehead atoms. The summed E-state index contributed by atoms with van der Waals surface area (Å²) in [5.74, 6) is 0. The number of nitrogens with zero attached hydrogens (tertiary/aromatic N) is 1. The van der Waals surface area contributed by atoms with Crippen molar-refractivity contribution in [3.63, 3.8) is 0 Å². The summed E-state index contributed by atoms with van der Waals surface area (Å²) in [6.45, 7) is -0.338. The Labute approximate surface area is 98.1 Å². The molecule has 16 heavy (non-hydrogen) atoms. The van der Waals surface area contributed by atoms with Gasteiger partial charge in [0.25, 0.3) is 0 Å². The second kappa shape index (κ2) is 4.82. The van der Waals surface area contributed by atoms with Crippen LogP contribution >= 0.6 is 11.6 Å². The first-order valence-corrected chi connectivity index (χ1v) is 5.35. The summed E-state index contributed by atoms with van der Waals surface area (Å²) in [6, 6.07) is 7.27. The lowest BCUT2D eigenvalue weighted by atomic mass is 10.0. The molecule has 0 saturated heterocycles. The molecule has 86 valence electrons. The molecule has 0 fully saturated rings. The molecule has 2 atom stereocenters. The smallest absolute Gasteiger partial charge is 0.158 e. The molecular formula is C11H12ClNO3. The van der Waals surface area contributed by atoms with Crippen LogP contribution in [0.5, 0.6) is 0 Å². The summed E-state index contributed by atoms with van der Waals surface area (Å²) in [5.41, 5.74) is 1.43. The van der Waals surface area contributed by atoms with E-state index in [1.54, 1.807) is 12.1 Å². The van der Waals surface area contributed by atoms with E-state index in [-0.39, 0.29) is 12.7 Å². The van der Waals surface area contributed by atoms with Crippen LogP contribution in [0, 0.1) is 0 Å². The van der Waals surface area contributed by atoms with E-state index >= 15 is 0 Å². The van der Waals surface area contributed by atoms with Gasteiger partial charge in [-0.1, -0.05) is 28.9 Å².